The van der Waals surface area contributed by atoms with Crippen LogP contribution in [-0.2, 0) is 0 Å². The zero-order chi connectivity index (χ0) is 26.6. The molecule has 0 aliphatic carbocycles. The third-order valence-electron chi connectivity index (χ3n) is 6.76. The van der Waals surface area contributed by atoms with Crippen molar-refractivity contribution in [3.05, 3.63) is 126 Å². The van der Waals surface area contributed by atoms with E-state index >= 15 is 0 Å². The normalized spacial score (nSPS) is 14.1. The lowest BCUT2D eigenvalue weighted by atomic mass is 10.1. The van der Waals surface area contributed by atoms with Gasteiger partial charge in [-0.05, 0) is 24.3 Å². The van der Waals surface area contributed by atoms with Crippen molar-refractivity contribution in [1.82, 2.24) is 9.88 Å². The lowest BCUT2D eigenvalue weighted by Gasteiger charge is -2.38. The van der Waals surface area contributed by atoms with E-state index in [1.54, 1.807) is 17.4 Å². The molecule has 0 amide bonds. The van der Waals surface area contributed by atoms with E-state index in [4.69, 9.17) is 21.6 Å². The summed E-state index contributed by atoms with van der Waals surface area (Å²) < 4.78 is 14.5. The predicted molar refractivity (Wildman–Crippen MR) is 161 cm³/mol. The maximum Gasteiger partial charge on any atom is 0.146 e. The number of piperazine rings is 1. The van der Waals surface area contributed by atoms with E-state index in [0.29, 0.717) is 23.8 Å². The number of rotatable bonds is 5. The molecule has 39 heavy (non-hydrogen) atoms. The first-order valence-corrected chi connectivity index (χ1v) is 14.1. The number of para-hydroxylation sites is 1. The first-order valence-electron chi connectivity index (χ1n) is 12.9. The van der Waals surface area contributed by atoms with Crippen LogP contribution in [0.2, 0.25) is 5.02 Å². The number of anilines is 1. The Morgan fingerprint density at radius 3 is 2.08 bits per heavy atom. The molecule has 0 saturated carbocycles. The van der Waals surface area contributed by atoms with E-state index < -0.39 is 0 Å². The van der Waals surface area contributed by atoms with Crippen molar-refractivity contribution in [3.8, 4) is 21.8 Å². The first kappa shape index (κ1) is 25.3. The molecule has 1 aliphatic heterocycles. The largest absolute Gasteiger partial charge is 0.366 e. The zero-order valence-corrected chi connectivity index (χ0v) is 22.7. The molecule has 0 spiro atoms. The zero-order valence-electron chi connectivity index (χ0n) is 21.2. The van der Waals surface area contributed by atoms with E-state index in [1.807, 2.05) is 72.8 Å². The maximum absolute atomic E-state index is 14.5. The summed E-state index contributed by atoms with van der Waals surface area (Å²) in [6, 6.07) is 35.1. The van der Waals surface area contributed by atoms with Gasteiger partial charge in [0, 0.05) is 47.9 Å². The molecule has 2 heterocycles. The van der Waals surface area contributed by atoms with E-state index in [-0.39, 0.29) is 5.82 Å². The molecule has 1 saturated heterocycles. The van der Waals surface area contributed by atoms with Crippen LogP contribution >= 0.6 is 22.9 Å². The fraction of sp³-hybridized carbons (Fsp3) is 0.125. The molecule has 7 heteroatoms. The van der Waals surface area contributed by atoms with E-state index in [9.17, 15) is 4.39 Å². The Bertz CT molecular complexity index is 1580. The number of aliphatic imine (C=N–C) groups is 1. The summed E-state index contributed by atoms with van der Waals surface area (Å²) in [6.07, 6.45) is 0. The molecule has 0 radical (unpaired) electrons. The van der Waals surface area contributed by atoms with Crippen molar-refractivity contribution in [2.45, 2.75) is 0 Å². The van der Waals surface area contributed by atoms with Crippen LogP contribution in [0.1, 0.15) is 5.56 Å². The monoisotopic (exact) mass is 552 g/mol. The van der Waals surface area contributed by atoms with Crippen LogP contribution in [-0.4, -0.2) is 41.9 Å². The third kappa shape index (κ3) is 5.58. The average molecular weight is 553 g/mol. The topological polar surface area (TPSA) is 31.7 Å². The molecule has 0 atom stereocenters. The summed E-state index contributed by atoms with van der Waals surface area (Å²) in [5, 5.41) is 2.43. The Kier molecular flexibility index (Phi) is 7.39. The average Bonchev–Trinajstić information content (AvgIpc) is 3.41. The third-order valence-corrected chi connectivity index (χ3v) is 8.01. The van der Waals surface area contributed by atoms with Crippen molar-refractivity contribution >= 4 is 39.5 Å². The molecule has 0 bridgehead atoms. The quantitative estimate of drug-likeness (QED) is 0.163. The molecule has 1 aliphatic rings. The van der Waals surface area contributed by atoms with Crippen LogP contribution in [0.25, 0.3) is 21.8 Å². The highest BCUT2D eigenvalue weighted by molar-refractivity contribution is 7.19. The summed E-state index contributed by atoms with van der Waals surface area (Å²) in [5.74, 6) is 0.710. The van der Waals surface area contributed by atoms with Gasteiger partial charge in [0.15, 0.2) is 0 Å². The van der Waals surface area contributed by atoms with Crippen LogP contribution in [0.5, 0.6) is 0 Å². The van der Waals surface area contributed by atoms with Gasteiger partial charge >= 0.3 is 0 Å². The van der Waals surface area contributed by atoms with Gasteiger partial charge in [-0.3, -0.25) is 0 Å². The molecule has 5 aromatic rings. The molecule has 6 rings (SSSR count). The molecule has 194 valence electrons. The summed E-state index contributed by atoms with van der Waals surface area (Å²) >= 11 is 7.71. The van der Waals surface area contributed by atoms with Crippen LogP contribution in [0.4, 0.5) is 15.1 Å². The number of nitrogens with zero attached hydrogens (tertiary/aromatic N) is 4. The smallest absolute Gasteiger partial charge is 0.146 e. The van der Waals surface area contributed by atoms with Crippen molar-refractivity contribution < 1.29 is 4.39 Å². The molecule has 0 unspecified atom stereocenters. The molecule has 1 fully saturated rings. The van der Waals surface area contributed by atoms with E-state index in [1.165, 1.54) is 6.07 Å². The Labute approximate surface area is 236 Å². The van der Waals surface area contributed by atoms with Gasteiger partial charge in [0.2, 0.25) is 0 Å². The Balaban J connectivity index is 1.39. The second-order valence-electron chi connectivity index (χ2n) is 9.27. The molecule has 4 nitrogen and oxygen atoms in total. The van der Waals surface area contributed by atoms with Gasteiger partial charge in [-0.2, -0.15) is 0 Å². The SMILES string of the molecule is Fc1ccccc1N1CCN(/C(=N\c2sc(-c3ccc(Cl)cc3)nc2-c2ccccc2)c2ccccc2)CC1. The van der Waals surface area contributed by atoms with Crippen LogP contribution in [0.3, 0.4) is 0 Å². The van der Waals surface area contributed by atoms with Crippen molar-refractivity contribution in [2.24, 2.45) is 4.99 Å². The Morgan fingerprint density at radius 2 is 1.38 bits per heavy atom. The maximum atomic E-state index is 14.5. The van der Waals surface area contributed by atoms with Gasteiger partial charge in [0.1, 0.15) is 27.4 Å². The minimum Gasteiger partial charge on any atom is -0.366 e. The van der Waals surface area contributed by atoms with E-state index in [0.717, 1.165) is 51.3 Å². The van der Waals surface area contributed by atoms with Gasteiger partial charge in [-0.1, -0.05) is 108 Å². The van der Waals surface area contributed by atoms with Crippen LogP contribution in [0.15, 0.2) is 114 Å². The highest BCUT2D eigenvalue weighted by Gasteiger charge is 2.24. The number of thiazole rings is 1. The van der Waals surface area contributed by atoms with Gasteiger partial charge in [-0.25, -0.2) is 14.4 Å². The number of aromatic nitrogens is 1. The second kappa shape index (κ2) is 11.4. The lowest BCUT2D eigenvalue weighted by Crippen LogP contribution is -2.49. The lowest BCUT2D eigenvalue weighted by molar-refractivity contribution is 0.384. The number of hydrogen-bond donors (Lipinski definition) is 0. The van der Waals surface area contributed by atoms with Crippen molar-refractivity contribution in [2.75, 3.05) is 31.1 Å². The molecular weight excluding hydrogens is 527 g/mol. The summed E-state index contributed by atoms with van der Waals surface area (Å²) in [6.45, 7) is 2.87. The van der Waals surface area contributed by atoms with Gasteiger partial charge in [0.05, 0.1) is 5.69 Å². The van der Waals surface area contributed by atoms with E-state index in [2.05, 4.69) is 34.1 Å². The fourth-order valence-electron chi connectivity index (χ4n) is 4.76. The Morgan fingerprint density at radius 1 is 0.744 bits per heavy atom. The highest BCUT2D eigenvalue weighted by Crippen LogP contribution is 2.40. The van der Waals surface area contributed by atoms with Crippen molar-refractivity contribution in [1.29, 1.82) is 0 Å². The molecule has 4 aromatic carbocycles. The number of halogens is 2. The summed E-state index contributed by atoms with van der Waals surface area (Å²) in [5.41, 5.74) is 4.56. The number of amidine groups is 1. The fourth-order valence-corrected chi connectivity index (χ4v) is 5.85. The second-order valence-corrected chi connectivity index (χ2v) is 10.7. The number of benzene rings is 4. The summed E-state index contributed by atoms with van der Waals surface area (Å²) in [7, 11) is 0. The van der Waals surface area contributed by atoms with Crippen LogP contribution in [0, 0.1) is 5.82 Å². The van der Waals surface area contributed by atoms with Crippen LogP contribution < -0.4 is 4.90 Å². The standard InChI is InChI=1S/C32H26ClFN4S/c33-26-17-15-25(16-18-26)31-35-29(23-9-3-1-4-10-23)32(39-31)36-30(24-11-5-2-6-12-24)38-21-19-37(20-22-38)28-14-8-7-13-27(28)34/h1-18H,19-22H2/b36-30-. The Hall–Kier alpha value is -4.00. The molecular formula is C32H26ClFN4S. The van der Waals surface area contributed by atoms with Gasteiger partial charge in [-0.15, -0.1) is 0 Å². The minimum absolute atomic E-state index is 0.185. The summed E-state index contributed by atoms with van der Waals surface area (Å²) in [4.78, 5) is 14.7. The van der Waals surface area contributed by atoms with Gasteiger partial charge < -0.3 is 9.80 Å². The number of hydrogen-bond acceptors (Lipinski definition) is 4. The molecule has 0 N–H and O–H groups in total. The van der Waals surface area contributed by atoms with Gasteiger partial charge in [0.25, 0.3) is 0 Å². The predicted octanol–water partition coefficient (Wildman–Crippen LogP) is 8.17. The first-order chi connectivity index (χ1) is 19.2. The molecule has 1 aromatic heterocycles. The minimum atomic E-state index is -0.185. The van der Waals surface area contributed by atoms with Crippen molar-refractivity contribution in [3.63, 3.8) is 0 Å². The highest BCUT2D eigenvalue weighted by atomic mass is 35.5.